The zero-order valence-corrected chi connectivity index (χ0v) is 17.0. The van der Waals surface area contributed by atoms with Gasteiger partial charge in [-0.2, -0.15) is 4.31 Å². The third-order valence-electron chi connectivity index (χ3n) is 4.00. The van der Waals surface area contributed by atoms with Gasteiger partial charge >= 0.3 is 0 Å². The molecule has 0 aliphatic carbocycles. The number of halogens is 2. The van der Waals surface area contributed by atoms with E-state index in [0.29, 0.717) is 32.5 Å². The molecule has 3 heterocycles. The first kappa shape index (κ1) is 18.6. The van der Waals surface area contributed by atoms with Crippen molar-refractivity contribution in [1.29, 1.82) is 5.41 Å². The van der Waals surface area contributed by atoms with Crippen LogP contribution in [0.3, 0.4) is 0 Å². The Bertz CT molecular complexity index is 991. The molecule has 1 saturated heterocycles. The van der Waals surface area contributed by atoms with Gasteiger partial charge in [0, 0.05) is 10.6 Å². The molecule has 4 rings (SSSR count). The van der Waals surface area contributed by atoms with Gasteiger partial charge in [0.05, 0.1) is 33.2 Å². The SMILES string of the molecule is CN1C(=N)NC(c2sc(-c3nnc(-c4ccc(Cl)cc4)o3)cc2Cl)C[S+]1[O-]. The summed E-state index contributed by atoms with van der Waals surface area (Å²) in [5.74, 6) is 1.16. The third-order valence-corrected chi connectivity index (χ3v) is 7.32. The van der Waals surface area contributed by atoms with Crippen molar-refractivity contribution in [3.8, 4) is 22.2 Å². The Labute approximate surface area is 172 Å². The largest absolute Gasteiger partial charge is 0.593 e. The van der Waals surface area contributed by atoms with Crippen LogP contribution in [0, 0.1) is 5.41 Å². The molecular formula is C16H13Cl2N5O2S2. The standard InChI is InChI=1S/C16H13Cl2N5O2S2/c1-23-16(19)20-11(7-27(23)24)13-10(18)6-12(26-13)15-22-21-14(25-15)8-2-4-9(17)5-3-8/h2-6,11H,7H2,1H3,(H2,19,20). The predicted octanol–water partition coefficient (Wildman–Crippen LogP) is 3.95. The van der Waals surface area contributed by atoms with Crippen molar-refractivity contribution in [3.05, 3.63) is 45.3 Å². The molecule has 0 radical (unpaired) electrons. The molecule has 27 heavy (non-hydrogen) atoms. The highest BCUT2D eigenvalue weighted by Crippen LogP contribution is 2.39. The van der Waals surface area contributed by atoms with E-state index < -0.39 is 11.4 Å². The van der Waals surface area contributed by atoms with Crippen molar-refractivity contribution < 1.29 is 8.97 Å². The molecule has 2 N–H and O–H groups in total. The monoisotopic (exact) mass is 441 g/mol. The highest BCUT2D eigenvalue weighted by Gasteiger charge is 2.34. The van der Waals surface area contributed by atoms with Gasteiger partial charge in [-0.25, -0.2) is 0 Å². The van der Waals surface area contributed by atoms with Crippen molar-refractivity contribution in [2.24, 2.45) is 0 Å². The molecule has 11 heteroatoms. The number of nitrogens with zero attached hydrogens (tertiary/aromatic N) is 3. The Kier molecular flexibility index (Phi) is 5.04. The van der Waals surface area contributed by atoms with Gasteiger partial charge in [0.15, 0.2) is 5.75 Å². The van der Waals surface area contributed by atoms with Gasteiger partial charge in [0.2, 0.25) is 11.9 Å². The topological polar surface area (TPSA) is 101 Å². The predicted molar refractivity (Wildman–Crippen MR) is 107 cm³/mol. The minimum Gasteiger partial charge on any atom is -0.593 e. The normalized spacial score (nSPS) is 20.0. The highest BCUT2D eigenvalue weighted by atomic mass is 35.5. The van der Waals surface area contributed by atoms with Crippen LogP contribution in [0.1, 0.15) is 10.9 Å². The first-order valence-electron chi connectivity index (χ1n) is 7.78. The Morgan fingerprint density at radius 2 is 2.00 bits per heavy atom. The fraction of sp³-hybridized carbons (Fsp3) is 0.188. The quantitative estimate of drug-likeness (QED) is 0.596. The molecule has 2 atom stereocenters. The lowest BCUT2D eigenvalue weighted by molar-refractivity contribution is 0.507. The number of rotatable bonds is 3. The van der Waals surface area contributed by atoms with Crippen molar-refractivity contribution in [2.75, 3.05) is 12.8 Å². The van der Waals surface area contributed by atoms with E-state index in [9.17, 15) is 4.55 Å². The molecule has 1 fully saturated rings. The number of aromatic nitrogens is 2. The molecule has 140 valence electrons. The second kappa shape index (κ2) is 7.33. The first-order chi connectivity index (χ1) is 12.9. The van der Waals surface area contributed by atoms with E-state index in [4.69, 9.17) is 33.0 Å². The summed E-state index contributed by atoms with van der Waals surface area (Å²) in [5, 5.41) is 20.2. The van der Waals surface area contributed by atoms with Gasteiger partial charge in [0.25, 0.3) is 5.89 Å². The van der Waals surface area contributed by atoms with Crippen LogP contribution < -0.4 is 5.32 Å². The summed E-state index contributed by atoms with van der Waals surface area (Å²) in [7, 11) is 1.61. The van der Waals surface area contributed by atoms with Crippen molar-refractivity contribution >= 4 is 51.9 Å². The van der Waals surface area contributed by atoms with Crippen LogP contribution in [0.2, 0.25) is 10.0 Å². The summed E-state index contributed by atoms with van der Waals surface area (Å²) >= 11 is 12.4. The Balaban J connectivity index is 1.60. The molecule has 1 aliphatic heterocycles. The smallest absolute Gasteiger partial charge is 0.258 e. The van der Waals surface area contributed by atoms with Crippen LogP contribution in [-0.2, 0) is 11.4 Å². The molecule has 7 nitrogen and oxygen atoms in total. The minimum atomic E-state index is -1.28. The molecule has 1 aliphatic rings. The minimum absolute atomic E-state index is 0.0958. The molecule has 0 saturated carbocycles. The van der Waals surface area contributed by atoms with E-state index >= 15 is 0 Å². The molecule has 1 aromatic carbocycles. The third kappa shape index (κ3) is 3.65. The summed E-state index contributed by atoms with van der Waals surface area (Å²) in [5.41, 5.74) is 0.766. The summed E-state index contributed by atoms with van der Waals surface area (Å²) in [4.78, 5) is 1.49. The maximum Gasteiger partial charge on any atom is 0.258 e. The number of benzene rings is 1. The Hall–Kier alpha value is -1.78. The number of nitrogens with one attached hydrogen (secondary N) is 2. The van der Waals surface area contributed by atoms with Crippen molar-refractivity contribution in [2.45, 2.75) is 6.04 Å². The molecule has 3 aromatic rings. The molecule has 0 bridgehead atoms. The summed E-state index contributed by atoms with van der Waals surface area (Å²) < 4.78 is 19.3. The van der Waals surface area contributed by atoms with Crippen LogP contribution in [0.25, 0.3) is 22.2 Å². The average molecular weight is 442 g/mol. The fourth-order valence-corrected chi connectivity index (χ4v) is 5.25. The number of guanidine groups is 1. The maximum atomic E-state index is 12.1. The lowest BCUT2D eigenvalue weighted by atomic mass is 10.2. The molecule has 2 aromatic heterocycles. The molecular weight excluding hydrogens is 429 g/mol. The van der Waals surface area contributed by atoms with E-state index in [0.717, 1.165) is 10.4 Å². The van der Waals surface area contributed by atoms with Gasteiger partial charge in [-0.3, -0.25) is 5.41 Å². The number of hydrogen-bond acceptors (Lipinski definition) is 6. The number of thiophene rings is 1. The van der Waals surface area contributed by atoms with Crippen LogP contribution in [-0.4, -0.2) is 37.8 Å². The van der Waals surface area contributed by atoms with Gasteiger partial charge in [-0.15, -0.1) is 21.5 Å². The molecule has 0 amide bonds. The second-order valence-electron chi connectivity index (χ2n) is 5.77. The summed E-state index contributed by atoms with van der Waals surface area (Å²) in [6, 6.07) is 8.54. The van der Waals surface area contributed by atoms with Crippen molar-refractivity contribution in [1.82, 2.24) is 19.8 Å². The molecule has 2 unspecified atom stereocenters. The van der Waals surface area contributed by atoms with Crippen molar-refractivity contribution in [3.63, 3.8) is 0 Å². The highest BCUT2D eigenvalue weighted by molar-refractivity contribution is 7.89. The maximum absolute atomic E-state index is 12.1. The average Bonchev–Trinajstić information content (AvgIpc) is 3.27. The van der Waals surface area contributed by atoms with Crippen LogP contribution in [0.15, 0.2) is 34.7 Å². The van der Waals surface area contributed by atoms with E-state index in [1.165, 1.54) is 15.6 Å². The lowest BCUT2D eigenvalue weighted by Crippen LogP contribution is -2.51. The van der Waals surface area contributed by atoms with Crippen LogP contribution >= 0.6 is 34.5 Å². The zero-order valence-electron chi connectivity index (χ0n) is 13.9. The lowest BCUT2D eigenvalue weighted by Gasteiger charge is -2.32. The molecule has 0 spiro atoms. The Morgan fingerprint density at radius 1 is 1.30 bits per heavy atom. The number of hydrogen-bond donors (Lipinski definition) is 2. The Morgan fingerprint density at radius 3 is 2.70 bits per heavy atom. The first-order valence-corrected chi connectivity index (χ1v) is 10.6. The van der Waals surface area contributed by atoms with E-state index in [2.05, 4.69) is 15.5 Å². The van der Waals surface area contributed by atoms with Crippen LogP contribution in [0.5, 0.6) is 0 Å². The fourth-order valence-electron chi connectivity index (χ4n) is 2.55. The van der Waals surface area contributed by atoms with Gasteiger partial charge in [-0.05, 0) is 30.3 Å². The van der Waals surface area contributed by atoms with Gasteiger partial charge in [-0.1, -0.05) is 23.2 Å². The van der Waals surface area contributed by atoms with E-state index in [1.54, 1.807) is 37.4 Å². The summed E-state index contributed by atoms with van der Waals surface area (Å²) in [6.45, 7) is 0. The van der Waals surface area contributed by atoms with Crippen LogP contribution in [0.4, 0.5) is 0 Å². The van der Waals surface area contributed by atoms with Gasteiger partial charge in [0.1, 0.15) is 6.04 Å². The summed E-state index contributed by atoms with van der Waals surface area (Å²) in [6.07, 6.45) is 0. The van der Waals surface area contributed by atoms with Gasteiger partial charge < -0.3 is 14.3 Å². The van der Waals surface area contributed by atoms with E-state index in [-0.39, 0.29) is 12.0 Å². The second-order valence-corrected chi connectivity index (χ2v) is 9.22. The van der Waals surface area contributed by atoms with E-state index in [1.807, 2.05) is 0 Å². The zero-order chi connectivity index (χ0) is 19.1.